The molecule has 0 spiro atoms. The topological polar surface area (TPSA) is 35.2 Å². The van der Waals surface area contributed by atoms with Crippen LogP contribution in [0.4, 0.5) is 0 Å². The minimum Gasteiger partial charge on any atom is -0.492 e. The SMILES string of the molecule is CC(C)(CN)CCCOc1ccc2ccccc2c1Br. The fourth-order valence-corrected chi connectivity index (χ4v) is 2.77. The first-order valence-corrected chi connectivity index (χ1v) is 7.83. The molecule has 0 aliphatic carbocycles. The molecule has 0 bridgehead atoms. The van der Waals surface area contributed by atoms with Gasteiger partial charge in [-0.2, -0.15) is 0 Å². The predicted molar refractivity (Wildman–Crippen MR) is 89.2 cm³/mol. The second kappa shape index (κ2) is 6.59. The Morgan fingerprint density at radius 3 is 2.65 bits per heavy atom. The zero-order valence-corrected chi connectivity index (χ0v) is 13.7. The highest BCUT2D eigenvalue weighted by Crippen LogP contribution is 2.33. The monoisotopic (exact) mass is 335 g/mol. The van der Waals surface area contributed by atoms with Gasteiger partial charge in [0, 0.05) is 0 Å². The van der Waals surface area contributed by atoms with Crippen LogP contribution in [0.5, 0.6) is 5.75 Å². The van der Waals surface area contributed by atoms with Crippen LogP contribution in [0.15, 0.2) is 40.9 Å². The van der Waals surface area contributed by atoms with Crippen molar-refractivity contribution in [3.63, 3.8) is 0 Å². The summed E-state index contributed by atoms with van der Waals surface area (Å²) in [6, 6.07) is 12.4. The second-order valence-corrected chi connectivity index (χ2v) is 6.71. The molecule has 0 radical (unpaired) electrons. The van der Waals surface area contributed by atoms with Crippen LogP contribution in [-0.2, 0) is 0 Å². The minimum atomic E-state index is 0.198. The Hall–Kier alpha value is -1.06. The summed E-state index contributed by atoms with van der Waals surface area (Å²) in [6.45, 7) is 5.82. The van der Waals surface area contributed by atoms with Gasteiger partial charge in [0.05, 0.1) is 11.1 Å². The van der Waals surface area contributed by atoms with Gasteiger partial charge in [-0.25, -0.2) is 0 Å². The molecule has 0 aliphatic rings. The van der Waals surface area contributed by atoms with Crippen LogP contribution in [0.3, 0.4) is 0 Å². The van der Waals surface area contributed by atoms with Gasteiger partial charge in [-0.3, -0.25) is 0 Å². The molecule has 0 saturated carbocycles. The van der Waals surface area contributed by atoms with Crippen LogP contribution in [0.25, 0.3) is 10.8 Å². The summed E-state index contributed by atoms with van der Waals surface area (Å²) >= 11 is 3.64. The molecule has 0 heterocycles. The van der Waals surface area contributed by atoms with E-state index in [1.807, 2.05) is 18.2 Å². The number of benzene rings is 2. The van der Waals surface area contributed by atoms with Gasteiger partial charge in [0.15, 0.2) is 0 Å². The maximum atomic E-state index is 5.90. The molecule has 2 aromatic rings. The number of nitrogens with two attached hydrogens (primary N) is 1. The van der Waals surface area contributed by atoms with Crippen LogP contribution in [0.2, 0.25) is 0 Å². The number of halogens is 1. The molecule has 3 heteroatoms. The van der Waals surface area contributed by atoms with Crippen molar-refractivity contribution in [3.05, 3.63) is 40.9 Å². The van der Waals surface area contributed by atoms with Crippen LogP contribution in [0, 0.1) is 5.41 Å². The minimum absolute atomic E-state index is 0.198. The van der Waals surface area contributed by atoms with Crippen molar-refractivity contribution >= 4 is 26.7 Å². The van der Waals surface area contributed by atoms with Crippen LogP contribution < -0.4 is 10.5 Å². The molecule has 2 aromatic carbocycles. The van der Waals surface area contributed by atoms with Crippen LogP contribution >= 0.6 is 15.9 Å². The van der Waals surface area contributed by atoms with Crippen molar-refractivity contribution in [2.45, 2.75) is 26.7 Å². The van der Waals surface area contributed by atoms with Gasteiger partial charge < -0.3 is 10.5 Å². The van der Waals surface area contributed by atoms with E-state index in [1.54, 1.807) is 0 Å². The van der Waals surface area contributed by atoms with Gasteiger partial charge in [-0.05, 0) is 57.6 Å². The Kier molecular flexibility index (Phi) is 5.06. The molecular weight excluding hydrogens is 314 g/mol. The maximum Gasteiger partial charge on any atom is 0.134 e. The molecule has 0 saturated heterocycles. The lowest BCUT2D eigenvalue weighted by Crippen LogP contribution is -2.23. The summed E-state index contributed by atoms with van der Waals surface area (Å²) in [5.41, 5.74) is 5.94. The summed E-state index contributed by atoms with van der Waals surface area (Å²) < 4.78 is 6.93. The molecule has 108 valence electrons. The van der Waals surface area contributed by atoms with Gasteiger partial charge in [0.1, 0.15) is 5.75 Å². The molecule has 0 unspecified atom stereocenters. The quantitative estimate of drug-likeness (QED) is 0.773. The van der Waals surface area contributed by atoms with Crippen molar-refractivity contribution < 1.29 is 4.74 Å². The average Bonchev–Trinajstić information content (AvgIpc) is 2.46. The molecule has 2 nitrogen and oxygen atoms in total. The van der Waals surface area contributed by atoms with Crippen molar-refractivity contribution in [2.75, 3.05) is 13.2 Å². The Labute approximate surface area is 129 Å². The smallest absolute Gasteiger partial charge is 0.134 e. The highest BCUT2D eigenvalue weighted by Gasteiger charge is 2.14. The van der Waals surface area contributed by atoms with E-state index >= 15 is 0 Å². The van der Waals surface area contributed by atoms with E-state index in [-0.39, 0.29) is 5.41 Å². The molecule has 0 atom stereocenters. The second-order valence-electron chi connectivity index (χ2n) is 5.92. The average molecular weight is 336 g/mol. The Bertz CT molecular complexity index is 580. The lowest BCUT2D eigenvalue weighted by atomic mass is 9.88. The fraction of sp³-hybridized carbons (Fsp3) is 0.412. The molecule has 0 aromatic heterocycles. The first kappa shape index (κ1) is 15.3. The third-order valence-electron chi connectivity index (χ3n) is 3.64. The number of ether oxygens (including phenoxy) is 1. The standard InChI is InChI=1S/C17H22BrNO/c1-17(2,12-19)10-5-11-20-15-9-8-13-6-3-4-7-14(13)16(15)18/h3-4,6-9H,5,10-12,19H2,1-2H3. The number of hydrogen-bond donors (Lipinski definition) is 1. The van der Waals surface area contributed by atoms with E-state index < -0.39 is 0 Å². The molecule has 20 heavy (non-hydrogen) atoms. The van der Waals surface area contributed by atoms with Crippen LogP contribution in [0.1, 0.15) is 26.7 Å². The first-order chi connectivity index (χ1) is 9.53. The Morgan fingerprint density at radius 1 is 1.15 bits per heavy atom. The summed E-state index contributed by atoms with van der Waals surface area (Å²) in [4.78, 5) is 0. The molecule has 0 amide bonds. The van der Waals surface area contributed by atoms with Gasteiger partial charge in [-0.1, -0.05) is 44.2 Å². The number of hydrogen-bond acceptors (Lipinski definition) is 2. The molecule has 0 fully saturated rings. The highest BCUT2D eigenvalue weighted by atomic mass is 79.9. The zero-order valence-electron chi connectivity index (χ0n) is 12.2. The molecule has 0 aliphatic heterocycles. The van der Waals surface area contributed by atoms with E-state index in [9.17, 15) is 0 Å². The predicted octanol–water partition coefficient (Wildman–Crippen LogP) is 4.75. The lowest BCUT2D eigenvalue weighted by molar-refractivity contribution is 0.260. The van der Waals surface area contributed by atoms with Crippen molar-refractivity contribution in [1.29, 1.82) is 0 Å². The normalized spacial score (nSPS) is 11.8. The third kappa shape index (κ3) is 3.74. The summed E-state index contributed by atoms with van der Waals surface area (Å²) in [6.07, 6.45) is 2.10. The van der Waals surface area contributed by atoms with Gasteiger partial charge in [0.25, 0.3) is 0 Å². The van der Waals surface area contributed by atoms with Gasteiger partial charge in [-0.15, -0.1) is 0 Å². The summed E-state index contributed by atoms with van der Waals surface area (Å²) in [7, 11) is 0. The fourth-order valence-electron chi connectivity index (χ4n) is 2.16. The van der Waals surface area contributed by atoms with Crippen LogP contribution in [-0.4, -0.2) is 13.2 Å². The summed E-state index contributed by atoms with van der Waals surface area (Å²) in [5.74, 6) is 0.911. The maximum absolute atomic E-state index is 5.90. The van der Waals surface area contributed by atoms with E-state index in [4.69, 9.17) is 10.5 Å². The van der Waals surface area contributed by atoms with Gasteiger partial charge >= 0.3 is 0 Å². The highest BCUT2D eigenvalue weighted by molar-refractivity contribution is 9.10. The third-order valence-corrected chi connectivity index (χ3v) is 4.45. The van der Waals surface area contributed by atoms with E-state index in [1.165, 1.54) is 10.8 Å². The first-order valence-electron chi connectivity index (χ1n) is 7.04. The molecular formula is C17H22BrNO. The Morgan fingerprint density at radius 2 is 1.90 bits per heavy atom. The Balaban J connectivity index is 1.99. The zero-order chi connectivity index (χ0) is 14.6. The van der Waals surface area contributed by atoms with Crippen molar-refractivity contribution in [1.82, 2.24) is 0 Å². The van der Waals surface area contributed by atoms with Gasteiger partial charge in [0.2, 0.25) is 0 Å². The number of fused-ring (bicyclic) bond motifs is 1. The van der Waals surface area contributed by atoms with E-state index in [2.05, 4.69) is 48.0 Å². The summed E-state index contributed by atoms with van der Waals surface area (Å²) in [5, 5.41) is 2.41. The van der Waals surface area contributed by atoms with E-state index in [0.717, 1.165) is 29.7 Å². The molecule has 2 N–H and O–H groups in total. The number of rotatable bonds is 6. The largest absolute Gasteiger partial charge is 0.492 e. The van der Waals surface area contributed by atoms with Crippen molar-refractivity contribution in [3.8, 4) is 5.75 Å². The van der Waals surface area contributed by atoms with Crippen molar-refractivity contribution in [2.24, 2.45) is 11.1 Å². The lowest BCUT2D eigenvalue weighted by Gasteiger charge is -2.22. The molecule has 2 rings (SSSR count). The van der Waals surface area contributed by atoms with E-state index in [0.29, 0.717) is 6.54 Å².